The average Bonchev–Trinajstić information content (AvgIpc) is 3.15. The van der Waals surface area contributed by atoms with E-state index in [0.29, 0.717) is 29.9 Å². The minimum Gasteiger partial charge on any atom is -0.383 e. The van der Waals surface area contributed by atoms with Crippen molar-refractivity contribution in [3.8, 4) is 0 Å². The van der Waals surface area contributed by atoms with Crippen molar-refractivity contribution in [3.05, 3.63) is 203 Å². The number of carbonyl (C=O) groups excluding carboxylic acids is 3. The molecule has 0 aromatic heterocycles. The normalized spacial score (nSPS) is 10.8. The van der Waals surface area contributed by atoms with Gasteiger partial charge < -0.3 is 10.2 Å². The molecule has 0 unspecified atom stereocenters. The standard InChI is InChI=1S/C44H38N2O3/c47-40(31-33-17-6-1-7-18-33)38-27-16-28-39(43(38)41(48)32-34-19-8-2-9-20-34)45-29-30-46(37-25-14-5-15-26-37)44(49)42(35-21-10-3-11-22-35)36-23-12-4-13-24-36/h1-28,42,45H,29-32H2. The van der Waals surface area contributed by atoms with E-state index in [4.69, 9.17) is 0 Å². The Labute approximate surface area is 287 Å². The number of ketones is 2. The van der Waals surface area contributed by atoms with Crippen molar-refractivity contribution in [1.82, 2.24) is 0 Å². The zero-order valence-corrected chi connectivity index (χ0v) is 27.2. The lowest BCUT2D eigenvalue weighted by Crippen LogP contribution is -2.39. The second kappa shape index (κ2) is 16.2. The first kappa shape index (κ1) is 32.9. The van der Waals surface area contributed by atoms with E-state index in [1.54, 1.807) is 17.0 Å². The molecule has 0 aliphatic rings. The minimum atomic E-state index is -0.510. The molecule has 0 fully saturated rings. The van der Waals surface area contributed by atoms with Crippen LogP contribution in [0.4, 0.5) is 11.4 Å². The molecule has 0 spiro atoms. The molecule has 0 atom stereocenters. The summed E-state index contributed by atoms with van der Waals surface area (Å²) in [5.41, 5.74) is 5.68. The molecule has 6 aromatic rings. The van der Waals surface area contributed by atoms with Gasteiger partial charge in [-0.1, -0.05) is 152 Å². The Morgan fingerprint density at radius 2 is 0.980 bits per heavy atom. The fourth-order valence-electron chi connectivity index (χ4n) is 6.18. The molecule has 5 nitrogen and oxygen atoms in total. The largest absolute Gasteiger partial charge is 0.383 e. The Kier molecular flexibility index (Phi) is 10.8. The zero-order valence-electron chi connectivity index (χ0n) is 27.2. The number of nitrogens with zero attached hydrogens (tertiary/aromatic N) is 1. The van der Waals surface area contributed by atoms with E-state index in [-0.39, 0.29) is 30.3 Å². The monoisotopic (exact) mass is 642 g/mol. The Hall–Kier alpha value is -6.07. The van der Waals surface area contributed by atoms with Gasteiger partial charge >= 0.3 is 0 Å². The fourth-order valence-corrected chi connectivity index (χ4v) is 6.18. The topological polar surface area (TPSA) is 66.5 Å². The third-order valence-corrected chi connectivity index (χ3v) is 8.56. The second-order valence-electron chi connectivity index (χ2n) is 11.9. The summed E-state index contributed by atoms with van der Waals surface area (Å²) in [7, 11) is 0. The van der Waals surface area contributed by atoms with Gasteiger partial charge in [0.05, 0.1) is 11.5 Å². The fraction of sp³-hybridized carbons (Fsp3) is 0.114. The van der Waals surface area contributed by atoms with Crippen LogP contribution in [0.3, 0.4) is 0 Å². The molecule has 0 bridgehead atoms. The molecule has 5 heteroatoms. The van der Waals surface area contributed by atoms with E-state index in [1.807, 2.05) is 158 Å². The molecule has 6 aromatic carbocycles. The van der Waals surface area contributed by atoms with Gasteiger partial charge in [-0.2, -0.15) is 0 Å². The summed E-state index contributed by atoms with van der Waals surface area (Å²) in [5, 5.41) is 3.45. The first-order chi connectivity index (χ1) is 24.1. The van der Waals surface area contributed by atoms with Crippen LogP contribution in [-0.4, -0.2) is 30.6 Å². The van der Waals surface area contributed by atoms with Crippen LogP contribution >= 0.6 is 0 Å². The molecular weight excluding hydrogens is 604 g/mol. The summed E-state index contributed by atoms with van der Waals surface area (Å²) in [5.74, 6) is -0.835. The third-order valence-electron chi connectivity index (χ3n) is 8.56. The molecule has 0 aliphatic carbocycles. The minimum absolute atomic E-state index is 0.0578. The summed E-state index contributed by atoms with van der Waals surface area (Å²) in [6, 6.07) is 53.8. The molecule has 0 aliphatic heterocycles. The van der Waals surface area contributed by atoms with Gasteiger partial charge in [-0.25, -0.2) is 0 Å². The first-order valence-corrected chi connectivity index (χ1v) is 16.6. The summed E-state index contributed by atoms with van der Waals surface area (Å²) in [4.78, 5) is 44.1. The van der Waals surface area contributed by atoms with E-state index >= 15 is 0 Å². The summed E-state index contributed by atoms with van der Waals surface area (Å²) in [6.45, 7) is 0.673. The zero-order chi connectivity index (χ0) is 33.8. The molecule has 0 saturated carbocycles. The van der Waals surface area contributed by atoms with Gasteiger partial charge in [0.1, 0.15) is 0 Å². The highest BCUT2D eigenvalue weighted by atomic mass is 16.2. The van der Waals surface area contributed by atoms with Crippen LogP contribution in [0, 0.1) is 0 Å². The number of nitrogens with one attached hydrogen (secondary N) is 1. The van der Waals surface area contributed by atoms with Crippen molar-refractivity contribution in [2.45, 2.75) is 18.8 Å². The highest BCUT2D eigenvalue weighted by molar-refractivity contribution is 6.13. The average molecular weight is 643 g/mol. The van der Waals surface area contributed by atoms with Gasteiger partial charge in [-0.05, 0) is 40.5 Å². The van der Waals surface area contributed by atoms with Gasteiger partial charge in [-0.3, -0.25) is 14.4 Å². The lowest BCUT2D eigenvalue weighted by atomic mass is 9.89. The van der Waals surface area contributed by atoms with Crippen molar-refractivity contribution in [1.29, 1.82) is 0 Å². The number of rotatable bonds is 14. The van der Waals surface area contributed by atoms with Gasteiger partial charge in [0.15, 0.2) is 11.6 Å². The van der Waals surface area contributed by atoms with E-state index in [9.17, 15) is 14.4 Å². The number of benzene rings is 6. The predicted molar refractivity (Wildman–Crippen MR) is 197 cm³/mol. The highest BCUT2D eigenvalue weighted by Crippen LogP contribution is 2.30. The number of amides is 1. The maximum absolute atomic E-state index is 14.6. The lowest BCUT2D eigenvalue weighted by molar-refractivity contribution is -0.119. The van der Waals surface area contributed by atoms with Crippen molar-refractivity contribution in [2.24, 2.45) is 0 Å². The van der Waals surface area contributed by atoms with Crippen molar-refractivity contribution >= 4 is 28.8 Å². The molecule has 1 amide bonds. The van der Waals surface area contributed by atoms with Crippen molar-refractivity contribution in [2.75, 3.05) is 23.3 Å². The second-order valence-corrected chi connectivity index (χ2v) is 11.9. The van der Waals surface area contributed by atoms with Crippen LogP contribution in [0.1, 0.15) is 48.9 Å². The van der Waals surface area contributed by atoms with Gasteiger partial charge in [0, 0.05) is 42.9 Å². The molecule has 242 valence electrons. The van der Waals surface area contributed by atoms with Gasteiger partial charge in [-0.15, -0.1) is 0 Å². The van der Waals surface area contributed by atoms with E-state index in [0.717, 1.165) is 27.9 Å². The number of carbonyl (C=O) groups is 3. The number of hydrogen-bond acceptors (Lipinski definition) is 4. The number of para-hydroxylation sites is 1. The molecule has 49 heavy (non-hydrogen) atoms. The molecule has 0 heterocycles. The number of Topliss-reactive ketones (excluding diaryl/α,β-unsaturated/α-hetero) is 2. The SMILES string of the molecule is O=C(Cc1ccccc1)c1cccc(NCCN(C(=O)C(c2ccccc2)c2ccccc2)c2ccccc2)c1C(=O)Cc1ccccc1. The molecule has 1 N–H and O–H groups in total. The maximum atomic E-state index is 14.6. The Morgan fingerprint density at radius 1 is 0.510 bits per heavy atom. The molecule has 0 radical (unpaired) electrons. The van der Waals surface area contributed by atoms with Crippen LogP contribution in [-0.2, 0) is 17.6 Å². The van der Waals surface area contributed by atoms with Crippen LogP contribution in [0.15, 0.2) is 170 Å². The third kappa shape index (κ3) is 8.27. The van der Waals surface area contributed by atoms with Gasteiger partial charge in [0.25, 0.3) is 0 Å². The van der Waals surface area contributed by atoms with Crippen LogP contribution in [0.25, 0.3) is 0 Å². The Bertz CT molecular complexity index is 1940. The maximum Gasteiger partial charge on any atom is 0.239 e. The summed E-state index contributed by atoms with van der Waals surface area (Å²) < 4.78 is 0. The van der Waals surface area contributed by atoms with Crippen LogP contribution < -0.4 is 10.2 Å². The molecule has 6 rings (SSSR count). The smallest absolute Gasteiger partial charge is 0.239 e. The lowest BCUT2D eigenvalue weighted by Gasteiger charge is -2.29. The van der Waals surface area contributed by atoms with E-state index in [2.05, 4.69) is 5.32 Å². The molecular formula is C44H38N2O3. The first-order valence-electron chi connectivity index (χ1n) is 16.6. The Morgan fingerprint density at radius 3 is 1.51 bits per heavy atom. The van der Waals surface area contributed by atoms with Crippen molar-refractivity contribution < 1.29 is 14.4 Å². The van der Waals surface area contributed by atoms with E-state index < -0.39 is 5.92 Å². The van der Waals surface area contributed by atoms with Crippen LogP contribution in [0.5, 0.6) is 0 Å². The number of anilines is 2. The quantitative estimate of drug-likeness (QED) is 0.121. The predicted octanol–water partition coefficient (Wildman–Crippen LogP) is 8.81. The van der Waals surface area contributed by atoms with Gasteiger partial charge in [0.2, 0.25) is 5.91 Å². The van der Waals surface area contributed by atoms with Crippen LogP contribution in [0.2, 0.25) is 0 Å². The highest BCUT2D eigenvalue weighted by Gasteiger charge is 2.29. The number of hydrogen-bond donors (Lipinski definition) is 1. The van der Waals surface area contributed by atoms with E-state index in [1.165, 1.54) is 0 Å². The van der Waals surface area contributed by atoms with Crippen molar-refractivity contribution in [3.63, 3.8) is 0 Å². The summed E-state index contributed by atoms with van der Waals surface area (Å²) >= 11 is 0. The molecule has 0 saturated heterocycles. The summed E-state index contributed by atoms with van der Waals surface area (Å²) in [6.07, 6.45) is 0.349. The Balaban J connectivity index is 1.30.